The first-order valence-electron chi connectivity index (χ1n) is 6.14. The molecule has 1 aromatic heterocycles. The maximum absolute atomic E-state index is 4.41. The highest BCUT2D eigenvalue weighted by molar-refractivity contribution is 5.79. The minimum absolute atomic E-state index is 1.05. The van der Waals surface area contributed by atoms with Gasteiger partial charge in [0.05, 0.1) is 0 Å². The van der Waals surface area contributed by atoms with Crippen molar-refractivity contribution in [1.29, 1.82) is 0 Å². The molecular weight excluding hydrogens is 206 g/mol. The third kappa shape index (κ3) is 1.35. The fraction of sp³-hybridized carbons (Fsp3) is 0.312. The van der Waals surface area contributed by atoms with Crippen LogP contribution >= 0.6 is 0 Å². The zero-order valence-corrected chi connectivity index (χ0v) is 10.9. The normalized spacial score (nSPS) is 12.5. The van der Waals surface area contributed by atoms with Crippen LogP contribution in [0.1, 0.15) is 33.5 Å². The van der Waals surface area contributed by atoms with Crippen LogP contribution in [0.2, 0.25) is 0 Å². The van der Waals surface area contributed by atoms with E-state index in [0.717, 1.165) is 6.42 Å². The fourth-order valence-corrected chi connectivity index (χ4v) is 2.85. The summed E-state index contributed by atoms with van der Waals surface area (Å²) in [4.78, 5) is 4.41. The molecule has 1 aliphatic carbocycles. The third-order valence-electron chi connectivity index (χ3n) is 4.21. The summed E-state index contributed by atoms with van der Waals surface area (Å²) in [6, 6.07) is 4.49. The standard InChI is InChI=1S/C16H17N/c1-9-7-16-13-5-6-17-12(4)15(13)8-14(16)11(3)10(9)2/h5-7H,8H2,1-4H3. The Kier molecular flexibility index (Phi) is 2.12. The Bertz CT molecular complexity index is 624. The minimum Gasteiger partial charge on any atom is -0.261 e. The van der Waals surface area contributed by atoms with Crippen molar-refractivity contribution in [3.05, 3.63) is 51.8 Å². The van der Waals surface area contributed by atoms with Gasteiger partial charge in [-0.1, -0.05) is 6.07 Å². The number of aromatic nitrogens is 1. The second-order valence-corrected chi connectivity index (χ2v) is 5.07. The van der Waals surface area contributed by atoms with Crippen LogP contribution in [0, 0.1) is 27.7 Å². The summed E-state index contributed by atoms with van der Waals surface area (Å²) >= 11 is 0. The summed E-state index contributed by atoms with van der Waals surface area (Å²) in [6.45, 7) is 8.78. The number of hydrogen-bond acceptors (Lipinski definition) is 1. The first-order chi connectivity index (χ1) is 8.09. The van der Waals surface area contributed by atoms with E-state index in [0.29, 0.717) is 0 Å². The number of hydrogen-bond donors (Lipinski definition) is 0. The molecule has 86 valence electrons. The molecule has 0 unspecified atom stereocenters. The Morgan fingerprint density at radius 3 is 2.47 bits per heavy atom. The molecule has 0 spiro atoms. The SMILES string of the molecule is Cc1cc2c(c(C)c1C)Cc1c-2ccnc1C. The second kappa shape index (κ2) is 3.43. The lowest BCUT2D eigenvalue weighted by molar-refractivity contribution is 1.10. The van der Waals surface area contributed by atoms with Gasteiger partial charge >= 0.3 is 0 Å². The van der Waals surface area contributed by atoms with Crippen molar-refractivity contribution in [2.24, 2.45) is 0 Å². The van der Waals surface area contributed by atoms with Gasteiger partial charge in [-0.25, -0.2) is 0 Å². The van der Waals surface area contributed by atoms with Gasteiger partial charge in [0.1, 0.15) is 0 Å². The molecule has 0 N–H and O–H groups in total. The van der Waals surface area contributed by atoms with E-state index in [-0.39, 0.29) is 0 Å². The highest BCUT2D eigenvalue weighted by atomic mass is 14.7. The van der Waals surface area contributed by atoms with Crippen LogP contribution in [0.4, 0.5) is 0 Å². The number of benzene rings is 1. The quantitative estimate of drug-likeness (QED) is 0.563. The predicted octanol–water partition coefficient (Wildman–Crippen LogP) is 3.89. The lowest BCUT2D eigenvalue weighted by atomic mass is 9.94. The number of fused-ring (bicyclic) bond motifs is 3. The van der Waals surface area contributed by atoms with Crippen LogP contribution in [0.15, 0.2) is 18.3 Å². The van der Waals surface area contributed by atoms with Crippen LogP contribution in [0.25, 0.3) is 11.1 Å². The van der Waals surface area contributed by atoms with E-state index in [4.69, 9.17) is 0 Å². The van der Waals surface area contributed by atoms with E-state index in [2.05, 4.69) is 44.8 Å². The van der Waals surface area contributed by atoms with Crippen molar-refractivity contribution in [1.82, 2.24) is 4.98 Å². The number of pyridine rings is 1. The Morgan fingerprint density at radius 1 is 0.941 bits per heavy atom. The molecule has 0 fully saturated rings. The zero-order chi connectivity index (χ0) is 12.2. The molecule has 1 aliphatic rings. The highest BCUT2D eigenvalue weighted by Crippen LogP contribution is 2.40. The van der Waals surface area contributed by atoms with Crippen LogP contribution in [0.3, 0.4) is 0 Å². The molecule has 1 aromatic carbocycles. The highest BCUT2D eigenvalue weighted by Gasteiger charge is 2.23. The molecule has 0 aliphatic heterocycles. The Balaban J connectivity index is 2.35. The van der Waals surface area contributed by atoms with Gasteiger partial charge in [0, 0.05) is 18.3 Å². The monoisotopic (exact) mass is 223 g/mol. The van der Waals surface area contributed by atoms with Gasteiger partial charge in [-0.2, -0.15) is 0 Å². The maximum Gasteiger partial charge on any atom is 0.0414 e. The van der Waals surface area contributed by atoms with E-state index >= 15 is 0 Å². The largest absolute Gasteiger partial charge is 0.261 e. The van der Waals surface area contributed by atoms with Gasteiger partial charge in [0.15, 0.2) is 0 Å². The number of nitrogens with zero attached hydrogens (tertiary/aromatic N) is 1. The summed E-state index contributed by atoms with van der Waals surface area (Å²) in [6.07, 6.45) is 2.98. The summed E-state index contributed by atoms with van der Waals surface area (Å²) in [5, 5.41) is 0. The summed E-state index contributed by atoms with van der Waals surface area (Å²) in [5.41, 5.74) is 11.2. The van der Waals surface area contributed by atoms with Gasteiger partial charge in [-0.3, -0.25) is 4.98 Å². The summed E-state index contributed by atoms with van der Waals surface area (Å²) < 4.78 is 0. The summed E-state index contributed by atoms with van der Waals surface area (Å²) in [7, 11) is 0. The van der Waals surface area contributed by atoms with Crippen molar-refractivity contribution in [2.75, 3.05) is 0 Å². The van der Waals surface area contributed by atoms with Gasteiger partial charge in [0.25, 0.3) is 0 Å². The number of rotatable bonds is 0. The molecule has 1 nitrogen and oxygen atoms in total. The third-order valence-corrected chi connectivity index (χ3v) is 4.21. The predicted molar refractivity (Wildman–Crippen MR) is 71.4 cm³/mol. The second-order valence-electron chi connectivity index (χ2n) is 5.07. The lowest BCUT2D eigenvalue weighted by Gasteiger charge is -2.11. The van der Waals surface area contributed by atoms with Gasteiger partial charge in [0.2, 0.25) is 0 Å². The van der Waals surface area contributed by atoms with E-state index in [9.17, 15) is 0 Å². The molecule has 0 atom stereocenters. The average Bonchev–Trinajstić information content (AvgIpc) is 2.67. The van der Waals surface area contributed by atoms with Crippen molar-refractivity contribution in [2.45, 2.75) is 34.1 Å². The smallest absolute Gasteiger partial charge is 0.0414 e. The van der Waals surface area contributed by atoms with Crippen molar-refractivity contribution < 1.29 is 0 Å². The van der Waals surface area contributed by atoms with E-state index in [1.54, 1.807) is 0 Å². The molecule has 2 aromatic rings. The minimum atomic E-state index is 1.05. The van der Waals surface area contributed by atoms with Crippen molar-refractivity contribution in [3.8, 4) is 11.1 Å². The average molecular weight is 223 g/mol. The molecule has 0 saturated carbocycles. The van der Waals surface area contributed by atoms with E-state index in [1.807, 2.05) is 6.20 Å². The maximum atomic E-state index is 4.41. The summed E-state index contributed by atoms with van der Waals surface area (Å²) in [5.74, 6) is 0. The molecule has 3 rings (SSSR count). The zero-order valence-electron chi connectivity index (χ0n) is 10.9. The first kappa shape index (κ1) is 10.5. The molecular formula is C16H17N. The van der Waals surface area contributed by atoms with E-state index in [1.165, 1.54) is 44.6 Å². The van der Waals surface area contributed by atoms with Crippen molar-refractivity contribution >= 4 is 0 Å². The topological polar surface area (TPSA) is 12.9 Å². The van der Waals surface area contributed by atoms with Crippen LogP contribution < -0.4 is 0 Å². The van der Waals surface area contributed by atoms with E-state index < -0.39 is 0 Å². The molecule has 0 radical (unpaired) electrons. The molecule has 0 bridgehead atoms. The van der Waals surface area contributed by atoms with Crippen molar-refractivity contribution in [3.63, 3.8) is 0 Å². The molecule has 0 saturated heterocycles. The molecule has 1 heterocycles. The van der Waals surface area contributed by atoms with Gasteiger partial charge < -0.3 is 0 Å². The fourth-order valence-electron chi connectivity index (χ4n) is 2.85. The van der Waals surface area contributed by atoms with Crippen LogP contribution in [-0.4, -0.2) is 4.98 Å². The Labute approximate surface area is 103 Å². The number of aryl methyl sites for hydroxylation is 2. The van der Waals surface area contributed by atoms with Crippen LogP contribution in [-0.2, 0) is 6.42 Å². The molecule has 17 heavy (non-hydrogen) atoms. The lowest BCUT2D eigenvalue weighted by Crippen LogP contribution is -1.94. The van der Waals surface area contributed by atoms with Crippen LogP contribution in [0.5, 0.6) is 0 Å². The first-order valence-corrected chi connectivity index (χ1v) is 6.14. The van der Waals surface area contributed by atoms with Gasteiger partial charge in [-0.15, -0.1) is 0 Å². The molecule has 1 heteroatoms. The Morgan fingerprint density at radius 2 is 1.71 bits per heavy atom. The van der Waals surface area contributed by atoms with Gasteiger partial charge in [-0.05, 0) is 72.7 Å². The Hall–Kier alpha value is -1.63. The molecule has 0 amide bonds.